The largest absolute Gasteiger partial charge is 0.317 e. The zero-order valence-corrected chi connectivity index (χ0v) is 14.6. The number of hydrogen-bond acceptors (Lipinski definition) is 3. The first kappa shape index (κ1) is 15.8. The summed E-state index contributed by atoms with van der Waals surface area (Å²) in [5.41, 5.74) is 2.51. The SMILES string of the molecule is Cc1cccc(C(=O)NC(=S)Nc2ccc(I)c(C)n2)c1. The first-order valence-electron chi connectivity index (χ1n) is 6.28. The van der Waals surface area contributed by atoms with Crippen molar-refractivity contribution in [3.63, 3.8) is 0 Å². The van der Waals surface area contributed by atoms with Gasteiger partial charge in [-0.2, -0.15) is 0 Å². The highest BCUT2D eigenvalue weighted by atomic mass is 127. The normalized spacial score (nSPS) is 10.0. The number of aromatic nitrogens is 1. The van der Waals surface area contributed by atoms with Crippen LogP contribution in [0, 0.1) is 17.4 Å². The van der Waals surface area contributed by atoms with Crippen molar-refractivity contribution in [2.24, 2.45) is 0 Å². The van der Waals surface area contributed by atoms with E-state index in [0.29, 0.717) is 11.4 Å². The van der Waals surface area contributed by atoms with Gasteiger partial charge < -0.3 is 5.32 Å². The van der Waals surface area contributed by atoms with Gasteiger partial charge >= 0.3 is 0 Å². The summed E-state index contributed by atoms with van der Waals surface area (Å²) in [5.74, 6) is 0.376. The number of hydrogen-bond donors (Lipinski definition) is 2. The van der Waals surface area contributed by atoms with Gasteiger partial charge in [-0.05, 0) is 72.9 Å². The van der Waals surface area contributed by atoms with Crippen molar-refractivity contribution < 1.29 is 4.79 Å². The van der Waals surface area contributed by atoms with Gasteiger partial charge in [0.2, 0.25) is 0 Å². The number of anilines is 1. The second-order valence-electron chi connectivity index (χ2n) is 4.54. The molecule has 0 saturated heterocycles. The molecule has 6 heteroatoms. The molecule has 1 aromatic heterocycles. The highest BCUT2D eigenvalue weighted by Crippen LogP contribution is 2.12. The second kappa shape index (κ2) is 6.95. The van der Waals surface area contributed by atoms with E-state index in [1.165, 1.54) is 0 Å². The van der Waals surface area contributed by atoms with Crippen LogP contribution < -0.4 is 10.6 Å². The molecule has 108 valence electrons. The van der Waals surface area contributed by atoms with Crippen molar-refractivity contribution in [3.8, 4) is 0 Å². The molecular formula is C15H14IN3OS. The number of nitrogens with one attached hydrogen (secondary N) is 2. The lowest BCUT2D eigenvalue weighted by atomic mass is 10.1. The highest BCUT2D eigenvalue weighted by Gasteiger charge is 2.08. The number of nitrogens with zero attached hydrogens (tertiary/aromatic N) is 1. The summed E-state index contributed by atoms with van der Waals surface area (Å²) in [4.78, 5) is 16.4. The average Bonchev–Trinajstić information content (AvgIpc) is 2.43. The molecule has 1 heterocycles. The quantitative estimate of drug-likeness (QED) is 0.588. The predicted molar refractivity (Wildman–Crippen MR) is 96.6 cm³/mol. The van der Waals surface area contributed by atoms with Crippen LogP contribution in [-0.2, 0) is 0 Å². The Bertz CT molecular complexity index is 703. The highest BCUT2D eigenvalue weighted by molar-refractivity contribution is 14.1. The fourth-order valence-electron chi connectivity index (χ4n) is 1.72. The molecule has 0 unspecified atom stereocenters. The Hall–Kier alpha value is -1.54. The molecule has 0 fully saturated rings. The molecule has 2 rings (SSSR count). The van der Waals surface area contributed by atoms with Crippen LogP contribution in [0.15, 0.2) is 36.4 Å². The third kappa shape index (κ3) is 4.47. The topological polar surface area (TPSA) is 54.0 Å². The number of carbonyl (C=O) groups is 1. The Morgan fingerprint density at radius 2 is 2.00 bits per heavy atom. The van der Waals surface area contributed by atoms with Crippen LogP contribution in [0.5, 0.6) is 0 Å². The smallest absolute Gasteiger partial charge is 0.257 e. The van der Waals surface area contributed by atoms with Crippen LogP contribution >= 0.6 is 34.8 Å². The van der Waals surface area contributed by atoms with E-state index >= 15 is 0 Å². The van der Waals surface area contributed by atoms with Gasteiger partial charge in [0.1, 0.15) is 5.82 Å². The first-order valence-corrected chi connectivity index (χ1v) is 7.76. The Kier molecular flexibility index (Phi) is 5.24. The van der Waals surface area contributed by atoms with E-state index in [9.17, 15) is 4.79 Å². The fourth-order valence-corrected chi connectivity index (χ4v) is 2.22. The summed E-state index contributed by atoms with van der Waals surface area (Å²) < 4.78 is 1.08. The van der Waals surface area contributed by atoms with E-state index < -0.39 is 0 Å². The van der Waals surface area contributed by atoms with Crippen LogP contribution in [-0.4, -0.2) is 16.0 Å². The zero-order chi connectivity index (χ0) is 15.4. The van der Waals surface area contributed by atoms with Gasteiger partial charge in [0.05, 0.1) is 5.69 Å². The predicted octanol–water partition coefficient (Wildman–Crippen LogP) is 3.43. The van der Waals surface area contributed by atoms with Gasteiger partial charge in [-0.15, -0.1) is 0 Å². The van der Waals surface area contributed by atoms with E-state index in [0.717, 1.165) is 14.8 Å². The Morgan fingerprint density at radius 3 is 2.67 bits per heavy atom. The summed E-state index contributed by atoms with van der Waals surface area (Å²) >= 11 is 7.35. The van der Waals surface area contributed by atoms with Crippen LogP contribution in [0.25, 0.3) is 0 Å². The molecule has 1 aromatic carbocycles. The number of aryl methyl sites for hydroxylation is 2. The first-order chi connectivity index (χ1) is 9.95. The lowest BCUT2D eigenvalue weighted by molar-refractivity contribution is 0.0977. The molecule has 0 bridgehead atoms. The van der Waals surface area contributed by atoms with Crippen molar-refractivity contribution in [3.05, 3.63) is 56.8 Å². The maximum absolute atomic E-state index is 12.1. The zero-order valence-electron chi connectivity index (χ0n) is 11.6. The van der Waals surface area contributed by atoms with Crippen molar-refractivity contribution in [2.75, 3.05) is 5.32 Å². The van der Waals surface area contributed by atoms with Gasteiger partial charge in [0.15, 0.2) is 5.11 Å². The molecule has 0 atom stereocenters. The van der Waals surface area contributed by atoms with Gasteiger partial charge in [0.25, 0.3) is 5.91 Å². The van der Waals surface area contributed by atoms with E-state index in [2.05, 4.69) is 38.2 Å². The molecule has 4 nitrogen and oxygen atoms in total. The minimum absolute atomic E-state index is 0.231. The lowest BCUT2D eigenvalue weighted by Gasteiger charge is -2.10. The van der Waals surface area contributed by atoms with Crippen LogP contribution in [0.1, 0.15) is 21.6 Å². The molecule has 2 aromatic rings. The summed E-state index contributed by atoms with van der Waals surface area (Å²) in [6.45, 7) is 3.85. The van der Waals surface area contributed by atoms with Crippen molar-refractivity contribution in [1.82, 2.24) is 10.3 Å². The van der Waals surface area contributed by atoms with Crippen LogP contribution in [0.4, 0.5) is 5.82 Å². The molecule has 0 saturated carbocycles. The summed E-state index contributed by atoms with van der Waals surface area (Å²) in [6.07, 6.45) is 0. The number of carbonyl (C=O) groups excluding carboxylic acids is 1. The lowest BCUT2D eigenvalue weighted by Crippen LogP contribution is -2.34. The van der Waals surface area contributed by atoms with E-state index in [1.54, 1.807) is 6.07 Å². The summed E-state index contributed by atoms with van der Waals surface area (Å²) in [7, 11) is 0. The maximum atomic E-state index is 12.1. The van der Waals surface area contributed by atoms with Gasteiger partial charge in [-0.1, -0.05) is 17.7 Å². The van der Waals surface area contributed by atoms with E-state index in [4.69, 9.17) is 12.2 Å². The molecule has 2 N–H and O–H groups in total. The monoisotopic (exact) mass is 411 g/mol. The number of rotatable bonds is 2. The van der Waals surface area contributed by atoms with E-state index in [-0.39, 0.29) is 11.0 Å². The molecule has 0 spiro atoms. The number of benzene rings is 1. The van der Waals surface area contributed by atoms with Gasteiger partial charge in [-0.3, -0.25) is 10.1 Å². The van der Waals surface area contributed by atoms with Crippen molar-refractivity contribution in [2.45, 2.75) is 13.8 Å². The van der Waals surface area contributed by atoms with Gasteiger partial charge in [0, 0.05) is 9.13 Å². The van der Waals surface area contributed by atoms with Crippen LogP contribution in [0.3, 0.4) is 0 Å². The standard InChI is InChI=1S/C15H14IN3OS/c1-9-4-3-5-11(8-9)14(20)19-15(21)18-13-7-6-12(16)10(2)17-13/h3-8H,1-2H3,(H2,17,18,19,20,21). The summed E-state index contributed by atoms with van der Waals surface area (Å²) in [6, 6.07) is 11.1. The molecule has 0 aliphatic heterocycles. The molecule has 0 aliphatic carbocycles. The third-order valence-corrected chi connectivity index (χ3v) is 4.11. The third-order valence-electron chi connectivity index (χ3n) is 2.77. The molecule has 1 amide bonds. The Morgan fingerprint density at radius 1 is 1.24 bits per heavy atom. The Labute approximate surface area is 142 Å². The summed E-state index contributed by atoms with van der Waals surface area (Å²) in [5, 5.41) is 5.79. The Balaban J connectivity index is 2.01. The molecule has 0 aliphatic rings. The number of pyridine rings is 1. The van der Waals surface area contributed by atoms with Crippen molar-refractivity contribution >= 4 is 51.6 Å². The number of amides is 1. The molecular weight excluding hydrogens is 397 g/mol. The van der Waals surface area contributed by atoms with E-state index in [1.807, 2.05) is 44.2 Å². The molecule has 0 radical (unpaired) electrons. The van der Waals surface area contributed by atoms with Crippen LogP contribution in [0.2, 0.25) is 0 Å². The minimum Gasteiger partial charge on any atom is -0.317 e. The maximum Gasteiger partial charge on any atom is 0.257 e. The number of thiocarbonyl (C=S) groups is 1. The fraction of sp³-hybridized carbons (Fsp3) is 0.133. The second-order valence-corrected chi connectivity index (χ2v) is 6.11. The average molecular weight is 411 g/mol. The van der Waals surface area contributed by atoms with Gasteiger partial charge in [-0.25, -0.2) is 4.98 Å². The molecule has 21 heavy (non-hydrogen) atoms. The minimum atomic E-state index is -0.238. The number of halogens is 1. The van der Waals surface area contributed by atoms with Crippen molar-refractivity contribution in [1.29, 1.82) is 0 Å².